The van der Waals surface area contributed by atoms with Crippen LogP contribution in [0.1, 0.15) is 25.0 Å². The van der Waals surface area contributed by atoms with Crippen molar-refractivity contribution in [1.82, 2.24) is 0 Å². The van der Waals surface area contributed by atoms with Crippen LogP contribution in [-0.4, -0.2) is 0 Å². The molecule has 0 unspecified atom stereocenters. The summed E-state index contributed by atoms with van der Waals surface area (Å²) in [5.41, 5.74) is 13.7. The lowest BCUT2D eigenvalue weighted by Crippen LogP contribution is -2.14. The van der Waals surface area contributed by atoms with Gasteiger partial charge >= 0.3 is 0 Å². The van der Waals surface area contributed by atoms with Crippen LogP contribution in [0.4, 0.5) is 0 Å². The summed E-state index contributed by atoms with van der Waals surface area (Å²) in [4.78, 5) is 0. The van der Waals surface area contributed by atoms with E-state index in [0.717, 1.165) is 54.8 Å². The SMILES string of the molecule is CC1(C)c2ccccc2-c2ccc(-c3c4ccccc4c(-c4cc5ccc6oc7ccccc7c6c5c5c4oc4ccccc45)c4ccccc34)cc21. The minimum absolute atomic E-state index is 0.0861. The fraction of sp³-hybridized carbons (Fsp3) is 0.0588. The number of hydrogen-bond acceptors (Lipinski definition) is 2. The average molecular weight is 677 g/mol. The highest BCUT2D eigenvalue weighted by molar-refractivity contribution is 6.34. The molecule has 248 valence electrons. The largest absolute Gasteiger partial charge is 0.456 e. The first-order valence-electron chi connectivity index (χ1n) is 18.4. The van der Waals surface area contributed by atoms with Crippen LogP contribution in [-0.2, 0) is 5.41 Å². The molecule has 11 aromatic rings. The molecular weight excluding hydrogens is 645 g/mol. The van der Waals surface area contributed by atoms with Crippen molar-refractivity contribution in [3.05, 3.63) is 169 Å². The van der Waals surface area contributed by atoms with Crippen LogP contribution in [0.15, 0.2) is 167 Å². The molecule has 1 aliphatic carbocycles. The van der Waals surface area contributed by atoms with Crippen LogP contribution in [0.25, 0.3) is 110 Å². The van der Waals surface area contributed by atoms with Crippen molar-refractivity contribution >= 4 is 76.2 Å². The number of hydrogen-bond donors (Lipinski definition) is 0. The average Bonchev–Trinajstić information content (AvgIpc) is 3.85. The summed E-state index contributed by atoms with van der Waals surface area (Å²) in [5.74, 6) is 0. The summed E-state index contributed by atoms with van der Waals surface area (Å²) in [6, 6.07) is 57.4. The van der Waals surface area contributed by atoms with E-state index in [1.165, 1.54) is 65.9 Å². The van der Waals surface area contributed by atoms with Crippen LogP contribution >= 0.6 is 0 Å². The van der Waals surface area contributed by atoms with E-state index in [1.54, 1.807) is 0 Å². The number of fused-ring (bicyclic) bond motifs is 14. The van der Waals surface area contributed by atoms with Gasteiger partial charge < -0.3 is 8.83 Å². The third-order valence-corrected chi connectivity index (χ3v) is 12.0. The normalized spacial score (nSPS) is 13.6. The summed E-state index contributed by atoms with van der Waals surface area (Å²) in [6.45, 7) is 4.72. The molecule has 1 aliphatic rings. The Hall–Kier alpha value is -6.64. The summed E-state index contributed by atoms with van der Waals surface area (Å²) in [5, 5.41) is 11.7. The first-order chi connectivity index (χ1) is 26.1. The lowest BCUT2D eigenvalue weighted by molar-refractivity contribution is 0.660. The predicted octanol–water partition coefficient (Wildman–Crippen LogP) is 14.6. The van der Waals surface area contributed by atoms with Crippen molar-refractivity contribution in [2.24, 2.45) is 0 Å². The molecule has 0 amide bonds. The van der Waals surface area contributed by atoms with Crippen molar-refractivity contribution in [2.75, 3.05) is 0 Å². The second-order valence-electron chi connectivity index (χ2n) is 15.1. The Kier molecular flexibility index (Phi) is 5.60. The number of para-hydroxylation sites is 2. The maximum absolute atomic E-state index is 6.97. The van der Waals surface area contributed by atoms with E-state index in [0.29, 0.717) is 0 Å². The maximum Gasteiger partial charge on any atom is 0.143 e. The van der Waals surface area contributed by atoms with Gasteiger partial charge in [0.15, 0.2) is 0 Å². The summed E-state index contributed by atoms with van der Waals surface area (Å²) in [6.07, 6.45) is 0. The quantitative estimate of drug-likeness (QED) is 0.170. The second kappa shape index (κ2) is 10.2. The van der Waals surface area contributed by atoms with Gasteiger partial charge in [-0.2, -0.15) is 0 Å². The molecular formula is C51H32O2. The van der Waals surface area contributed by atoms with Gasteiger partial charge in [0.2, 0.25) is 0 Å². The van der Waals surface area contributed by atoms with Crippen LogP contribution in [0.5, 0.6) is 0 Å². The molecule has 53 heavy (non-hydrogen) atoms. The molecule has 0 saturated carbocycles. The third-order valence-electron chi connectivity index (χ3n) is 12.0. The van der Waals surface area contributed by atoms with Gasteiger partial charge in [-0.05, 0) is 90.6 Å². The molecule has 2 heterocycles. The summed E-state index contributed by atoms with van der Waals surface area (Å²) >= 11 is 0. The molecule has 0 bridgehead atoms. The van der Waals surface area contributed by atoms with Gasteiger partial charge in [0.05, 0.1) is 0 Å². The van der Waals surface area contributed by atoms with Gasteiger partial charge in [-0.15, -0.1) is 0 Å². The molecule has 0 spiro atoms. The number of rotatable bonds is 2. The Morgan fingerprint density at radius 3 is 1.66 bits per heavy atom. The van der Waals surface area contributed by atoms with Gasteiger partial charge in [0, 0.05) is 43.5 Å². The zero-order chi connectivity index (χ0) is 35.0. The molecule has 0 saturated heterocycles. The van der Waals surface area contributed by atoms with E-state index < -0.39 is 0 Å². The topological polar surface area (TPSA) is 26.3 Å². The predicted molar refractivity (Wildman–Crippen MR) is 222 cm³/mol. The third kappa shape index (κ3) is 3.77. The Labute approximate surface area is 305 Å². The Balaban J connectivity index is 1.21. The highest BCUT2D eigenvalue weighted by Gasteiger charge is 2.35. The van der Waals surface area contributed by atoms with Crippen LogP contribution in [0.3, 0.4) is 0 Å². The van der Waals surface area contributed by atoms with E-state index >= 15 is 0 Å². The molecule has 9 aromatic carbocycles. The van der Waals surface area contributed by atoms with E-state index in [4.69, 9.17) is 8.83 Å². The monoisotopic (exact) mass is 676 g/mol. The van der Waals surface area contributed by atoms with Crippen LogP contribution in [0.2, 0.25) is 0 Å². The smallest absolute Gasteiger partial charge is 0.143 e. The fourth-order valence-electron chi connectivity index (χ4n) is 9.70. The molecule has 2 nitrogen and oxygen atoms in total. The lowest BCUT2D eigenvalue weighted by Gasteiger charge is -2.23. The van der Waals surface area contributed by atoms with E-state index in [1.807, 2.05) is 6.07 Å². The highest BCUT2D eigenvalue weighted by atomic mass is 16.3. The minimum atomic E-state index is -0.0861. The van der Waals surface area contributed by atoms with Gasteiger partial charge in [0.25, 0.3) is 0 Å². The summed E-state index contributed by atoms with van der Waals surface area (Å²) < 4.78 is 13.4. The zero-order valence-corrected chi connectivity index (χ0v) is 29.3. The van der Waals surface area contributed by atoms with Crippen molar-refractivity contribution in [1.29, 1.82) is 0 Å². The molecule has 2 heteroatoms. The molecule has 0 aliphatic heterocycles. The number of furan rings is 2. The Morgan fingerprint density at radius 1 is 0.377 bits per heavy atom. The molecule has 2 aromatic heterocycles. The molecule has 0 N–H and O–H groups in total. The van der Waals surface area contributed by atoms with Gasteiger partial charge in [0.1, 0.15) is 22.3 Å². The Bertz CT molecular complexity index is 3310. The number of benzene rings is 9. The van der Waals surface area contributed by atoms with Gasteiger partial charge in [-0.1, -0.05) is 141 Å². The van der Waals surface area contributed by atoms with E-state index in [2.05, 4.69) is 166 Å². The standard InChI is InChI=1S/C51H32O2/c1-51(2)40-20-10-7-13-31(40)32-25-23-30(28-41(32)51)45-33-14-3-5-16-35(33)47(36-17-6-4-15-34(36)45)39-27-29-24-26-44-48(37-18-8-11-21-42(37)52-44)46(29)49-38-19-9-12-22-43(38)53-50(39)49/h3-28H,1-2H3. The van der Waals surface area contributed by atoms with Crippen molar-refractivity contribution in [2.45, 2.75) is 19.3 Å². The van der Waals surface area contributed by atoms with Crippen molar-refractivity contribution in [3.63, 3.8) is 0 Å². The van der Waals surface area contributed by atoms with Crippen molar-refractivity contribution in [3.8, 4) is 33.4 Å². The molecule has 12 rings (SSSR count). The second-order valence-corrected chi connectivity index (χ2v) is 15.1. The van der Waals surface area contributed by atoms with Crippen LogP contribution in [0, 0.1) is 0 Å². The van der Waals surface area contributed by atoms with Crippen molar-refractivity contribution < 1.29 is 8.83 Å². The highest BCUT2D eigenvalue weighted by Crippen LogP contribution is 2.53. The Morgan fingerprint density at radius 2 is 0.943 bits per heavy atom. The minimum Gasteiger partial charge on any atom is -0.456 e. The summed E-state index contributed by atoms with van der Waals surface area (Å²) in [7, 11) is 0. The maximum atomic E-state index is 6.97. The first kappa shape index (κ1) is 29.0. The van der Waals surface area contributed by atoms with Crippen LogP contribution < -0.4 is 0 Å². The molecule has 0 atom stereocenters. The lowest BCUT2D eigenvalue weighted by atomic mass is 9.80. The van der Waals surface area contributed by atoms with E-state index in [9.17, 15) is 0 Å². The first-order valence-corrected chi connectivity index (χ1v) is 18.4. The molecule has 0 radical (unpaired) electrons. The van der Waals surface area contributed by atoms with Gasteiger partial charge in [-0.3, -0.25) is 0 Å². The fourth-order valence-corrected chi connectivity index (χ4v) is 9.70. The van der Waals surface area contributed by atoms with E-state index in [-0.39, 0.29) is 5.41 Å². The zero-order valence-electron chi connectivity index (χ0n) is 29.3. The molecule has 0 fully saturated rings. The van der Waals surface area contributed by atoms with Gasteiger partial charge in [-0.25, -0.2) is 0 Å².